The first-order valence-corrected chi connectivity index (χ1v) is 11.3. The molecular formula is C25H24N2O5S. The van der Waals surface area contributed by atoms with Gasteiger partial charge in [-0.05, 0) is 43.7 Å². The van der Waals surface area contributed by atoms with Gasteiger partial charge in [0.15, 0.2) is 4.80 Å². The molecule has 0 amide bonds. The van der Waals surface area contributed by atoms with Crippen molar-refractivity contribution in [1.82, 2.24) is 4.57 Å². The van der Waals surface area contributed by atoms with Gasteiger partial charge in [0.25, 0.3) is 5.56 Å². The van der Waals surface area contributed by atoms with E-state index in [2.05, 4.69) is 4.99 Å². The van der Waals surface area contributed by atoms with E-state index in [0.29, 0.717) is 37.7 Å². The van der Waals surface area contributed by atoms with Crippen LogP contribution in [0.4, 0.5) is 0 Å². The summed E-state index contributed by atoms with van der Waals surface area (Å²) in [5, 5.41) is 0. The average Bonchev–Trinajstić information content (AvgIpc) is 3.13. The second-order valence-corrected chi connectivity index (χ2v) is 8.33. The van der Waals surface area contributed by atoms with Crippen LogP contribution < -0.4 is 24.4 Å². The van der Waals surface area contributed by atoms with Crippen LogP contribution in [0.1, 0.15) is 31.0 Å². The van der Waals surface area contributed by atoms with Gasteiger partial charge in [-0.3, -0.25) is 9.36 Å². The van der Waals surface area contributed by atoms with Gasteiger partial charge in [-0.15, -0.1) is 0 Å². The van der Waals surface area contributed by atoms with Gasteiger partial charge in [0, 0.05) is 5.56 Å². The van der Waals surface area contributed by atoms with Crippen molar-refractivity contribution in [3.05, 3.63) is 90.6 Å². The SMILES string of the molecule is CCOC(=O)C1=C(C)N=c2s/c(=C\c3cc(OC)ccc3OC)c(=O)n2[C@H]1c1ccccc1. The zero-order chi connectivity index (χ0) is 23.5. The van der Waals surface area contributed by atoms with Gasteiger partial charge in [0.2, 0.25) is 0 Å². The Hall–Kier alpha value is -3.65. The van der Waals surface area contributed by atoms with Gasteiger partial charge in [-0.1, -0.05) is 41.7 Å². The van der Waals surface area contributed by atoms with E-state index in [9.17, 15) is 9.59 Å². The number of carbonyl (C=O) groups is 1. The molecule has 33 heavy (non-hydrogen) atoms. The number of methoxy groups -OCH3 is 2. The Kier molecular flexibility index (Phi) is 6.46. The number of aromatic nitrogens is 1. The molecular weight excluding hydrogens is 440 g/mol. The fourth-order valence-corrected chi connectivity index (χ4v) is 4.87. The zero-order valence-corrected chi connectivity index (χ0v) is 19.6. The van der Waals surface area contributed by atoms with E-state index in [1.807, 2.05) is 30.3 Å². The molecule has 1 aromatic heterocycles. The largest absolute Gasteiger partial charge is 0.497 e. The average molecular weight is 465 g/mol. The van der Waals surface area contributed by atoms with Gasteiger partial charge >= 0.3 is 5.97 Å². The van der Waals surface area contributed by atoms with Crippen LogP contribution in [0.5, 0.6) is 11.5 Å². The minimum absolute atomic E-state index is 0.233. The molecule has 0 saturated heterocycles. The maximum Gasteiger partial charge on any atom is 0.338 e. The number of rotatable bonds is 6. The first-order valence-electron chi connectivity index (χ1n) is 10.4. The minimum atomic E-state index is -0.629. The van der Waals surface area contributed by atoms with Crippen LogP contribution in [0.3, 0.4) is 0 Å². The van der Waals surface area contributed by atoms with Gasteiger partial charge in [-0.2, -0.15) is 0 Å². The molecule has 7 nitrogen and oxygen atoms in total. The number of carbonyl (C=O) groups excluding carboxylic acids is 1. The van der Waals surface area contributed by atoms with E-state index < -0.39 is 12.0 Å². The summed E-state index contributed by atoms with van der Waals surface area (Å²) in [5.74, 6) is 0.790. The number of fused-ring (bicyclic) bond motifs is 1. The molecule has 0 fully saturated rings. The van der Waals surface area contributed by atoms with Crippen molar-refractivity contribution >= 4 is 23.4 Å². The Labute approximate surface area is 194 Å². The van der Waals surface area contributed by atoms with Crippen LogP contribution in [-0.2, 0) is 9.53 Å². The molecule has 170 valence electrons. The van der Waals surface area contributed by atoms with Crippen molar-refractivity contribution < 1.29 is 19.0 Å². The van der Waals surface area contributed by atoms with Crippen molar-refractivity contribution in [3.63, 3.8) is 0 Å². The van der Waals surface area contributed by atoms with Crippen molar-refractivity contribution in [2.75, 3.05) is 20.8 Å². The number of thiazole rings is 1. The molecule has 1 atom stereocenters. The quantitative estimate of drug-likeness (QED) is 0.524. The zero-order valence-electron chi connectivity index (χ0n) is 18.8. The lowest BCUT2D eigenvalue weighted by atomic mass is 9.96. The van der Waals surface area contributed by atoms with Gasteiger partial charge in [0.05, 0.1) is 42.7 Å². The molecule has 0 radical (unpaired) electrons. The van der Waals surface area contributed by atoms with Crippen LogP contribution in [0.25, 0.3) is 6.08 Å². The lowest BCUT2D eigenvalue weighted by Gasteiger charge is -2.24. The summed E-state index contributed by atoms with van der Waals surface area (Å²) in [4.78, 5) is 31.6. The fraction of sp³-hybridized carbons (Fsp3) is 0.240. The van der Waals surface area contributed by atoms with Gasteiger partial charge < -0.3 is 14.2 Å². The maximum absolute atomic E-state index is 13.6. The predicted molar refractivity (Wildman–Crippen MR) is 126 cm³/mol. The molecule has 0 aliphatic carbocycles. The van der Waals surface area contributed by atoms with E-state index >= 15 is 0 Å². The Morgan fingerprint density at radius 2 is 1.91 bits per heavy atom. The summed E-state index contributed by atoms with van der Waals surface area (Å²) >= 11 is 1.26. The fourth-order valence-electron chi connectivity index (χ4n) is 3.84. The molecule has 1 aliphatic heterocycles. The molecule has 2 heterocycles. The Morgan fingerprint density at radius 3 is 2.58 bits per heavy atom. The molecule has 1 aliphatic rings. The van der Waals surface area contributed by atoms with Gasteiger partial charge in [0.1, 0.15) is 11.5 Å². The highest BCUT2D eigenvalue weighted by atomic mass is 32.1. The third-order valence-corrected chi connectivity index (χ3v) is 6.34. The van der Waals surface area contributed by atoms with E-state index in [-0.39, 0.29) is 12.2 Å². The second-order valence-electron chi connectivity index (χ2n) is 7.32. The molecule has 8 heteroatoms. The lowest BCUT2D eigenvalue weighted by molar-refractivity contribution is -0.139. The van der Waals surface area contributed by atoms with E-state index in [1.165, 1.54) is 11.3 Å². The standard InChI is InChI=1S/C25H24N2O5S/c1-5-32-24(29)21-15(2)26-25-27(22(21)16-9-7-6-8-10-16)23(28)20(33-25)14-17-13-18(30-3)11-12-19(17)31-4/h6-14,22H,5H2,1-4H3/b20-14-/t22-/m0/s1. The summed E-state index contributed by atoms with van der Waals surface area (Å²) in [5.41, 5.74) is 2.17. The highest BCUT2D eigenvalue weighted by Crippen LogP contribution is 2.30. The summed E-state index contributed by atoms with van der Waals surface area (Å²) in [7, 11) is 3.16. The van der Waals surface area contributed by atoms with Crippen molar-refractivity contribution in [1.29, 1.82) is 0 Å². The first-order chi connectivity index (χ1) is 16.0. The monoisotopic (exact) mass is 464 g/mol. The molecule has 0 bridgehead atoms. The number of hydrogen-bond donors (Lipinski definition) is 0. The third-order valence-electron chi connectivity index (χ3n) is 5.36. The van der Waals surface area contributed by atoms with Crippen LogP contribution >= 0.6 is 11.3 Å². The molecule has 0 N–H and O–H groups in total. The third kappa shape index (κ3) is 4.21. The number of benzene rings is 2. The van der Waals surface area contributed by atoms with E-state index in [4.69, 9.17) is 14.2 Å². The molecule has 0 unspecified atom stereocenters. The molecule has 0 saturated carbocycles. The van der Waals surface area contributed by atoms with E-state index in [0.717, 1.165) is 5.56 Å². The molecule has 3 aromatic rings. The summed E-state index contributed by atoms with van der Waals surface area (Å²) in [6, 6.07) is 14.2. The first kappa shape index (κ1) is 22.5. The number of nitrogens with zero attached hydrogens (tertiary/aromatic N) is 2. The Morgan fingerprint density at radius 1 is 1.15 bits per heavy atom. The van der Waals surface area contributed by atoms with Crippen molar-refractivity contribution in [2.24, 2.45) is 4.99 Å². The topological polar surface area (TPSA) is 79.1 Å². The summed E-state index contributed by atoms with van der Waals surface area (Å²) in [6.45, 7) is 3.75. The molecule has 0 spiro atoms. The smallest absolute Gasteiger partial charge is 0.338 e. The predicted octanol–water partition coefficient (Wildman–Crippen LogP) is 2.82. The summed E-state index contributed by atoms with van der Waals surface area (Å²) in [6.07, 6.45) is 1.76. The van der Waals surface area contributed by atoms with Crippen molar-refractivity contribution in [2.45, 2.75) is 19.9 Å². The Bertz CT molecular complexity index is 1400. The van der Waals surface area contributed by atoms with E-state index in [1.54, 1.807) is 56.9 Å². The van der Waals surface area contributed by atoms with Crippen LogP contribution in [0.15, 0.2) is 69.6 Å². The summed E-state index contributed by atoms with van der Waals surface area (Å²) < 4.78 is 18.1. The van der Waals surface area contributed by atoms with Gasteiger partial charge in [-0.25, -0.2) is 9.79 Å². The minimum Gasteiger partial charge on any atom is -0.497 e. The molecule has 2 aromatic carbocycles. The number of allylic oxidation sites excluding steroid dienone is 1. The normalized spacial score (nSPS) is 15.6. The highest BCUT2D eigenvalue weighted by Gasteiger charge is 2.33. The Balaban J connectivity index is 1.96. The lowest BCUT2D eigenvalue weighted by Crippen LogP contribution is -2.39. The number of esters is 1. The van der Waals surface area contributed by atoms with Crippen LogP contribution in [0, 0.1) is 0 Å². The highest BCUT2D eigenvalue weighted by molar-refractivity contribution is 7.07. The number of ether oxygens (including phenoxy) is 3. The number of hydrogen-bond acceptors (Lipinski definition) is 7. The van der Waals surface area contributed by atoms with Crippen LogP contribution in [0.2, 0.25) is 0 Å². The molecule has 4 rings (SSSR count). The maximum atomic E-state index is 13.6. The second kappa shape index (κ2) is 9.46. The van der Waals surface area contributed by atoms with Crippen LogP contribution in [-0.4, -0.2) is 31.4 Å². The van der Waals surface area contributed by atoms with Crippen molar-refractivity contribution in [3.8, 4) is 11.5 Å².